The van der Waals surface area contributed by atoms with Gasteiger partial charge in [0.2, 0.25) is 0 Å². The normalized spacial score (nSPS) is 27.9. The van der Waals surface area contributed by atoms with Gasteiger partial charge in [-0.2, -0.15) is 11.8 Å². The lowest BCUT2D eigenvalue weighted by atomic mass is 9.85. The van der Waals surface area contributed by atoms with Gasteiger partial charge in [-0.3, -0.25) is 14.6 Å². The van der Waals surface area contributed by atoms with E-state index in [1.807, 2.05) is 42.6 Å². The number of piperidine rings is 1. The Kier molecular flexibility index (Phi) is 5.42. The molecular weight excluding hydrogens is 324 g/mol. The van der Waals surface area contributed by atoms with Crippen LogP contribution in [-0.2, 0) is 4.79 Å². The molecule has 7 heteroatoms. The van der Waals surface area contributed by atoms with Crippen molar-refractivity contribution in [2.45, 2.75) is 37.8 Å². The number of thioether (sulfide) groups is 1. The Balaban J connectivity index is 1.71. The highest BCUT2D eigenvalue weighted by molar-refractivity contribution is 7.99. The van der Waals surface area contributed by atoms with E-state index in [-0.39, 0.29) is 11.9 Å². The molecule has 3 amide bonds. The fourth-order valence-corrected chi connectivity index (χ4v) is 5.53. The van der Waals surface area contributed by atoms with Crippen LogP contribution >= 0.6 is 11.8 Å². The van der Waals surface area contributed by atoms with Gasteiger partial charge in [0.25, 0.3) is 5.91 Å². The van der Waals surface area contributed by atoms with Gasteiger partial charge in [0.15, 0.2) is 0 Å². The lowest BCUT2D eigenvalue weighted by Gasteiger charge is -2.43. The first-order chi connectivity index (χ1) is 11.5. The summed E-state index contributed by atoms with van der Waals surface area (Å²) >= 11 is 2.03. The second-order valence-corrected chi connectivity index (χ2v) is 8.52. The Morgan fingerprint density at radius 3 is 2.50 bits per heavy atom. The number of amides is 3. The molecule has 1 atom stereocenters. The predicted octanol–water partition coefficient (Wildman–Crippen LogP) is 1.17. The topological polar surface area (TPSA) is 47.1 Å². The summed E-state index contributed by atoms with van der Waals surface area (Å²) in [5.41, 5.74) is -0.583. The second-order valence-electron chi connectivity index (χ2n) is 7.37. The molecule has 3 saturated heterocycles. The molecule has 3 aliphatic heterocycles. The number of likely N-dealkylation sites (tertiary alicyclic amines) is 1. The summed E-state index contributed by atoms with van der Waals surface area (Å²) in [6, 6.07) is 0.577. The highest BCUT2D eigenvalue weighted by atomic mass is 32.2. The van der Waals surface area contributed by atoms with Crippen LogP contribution in [-0.4, -0.2) is 101 Å². The number of nitrogens with zero attached hydrogens (tertiary/aromatic N) is 4. The van der Waals surface area contributed by atoms with E-state index in [1.54, 1.807) is 0 Å². The zero-order valence-corrected chi connectivity index (χ0v) is 16.0. The highest BCUT2D eigenvalue weighted by Gasteiger charge is 2.57. The van der Waals surface area contributed by atoms with Gasteiger partial charge in [0.1, 0.15) is 5.54 Å². The number of rotatable bonds is 5. The lowest BCUT2D eigenvalue weighted by molar-refractivity contribution is -0.136. The first-order valence-electron chi connectivity index (χ1n) is 9.09. The van der Waals surface area contributed by atoms with Gasteiger partial charge in [0, 0.05) is 44.5 Å². The summed E-state index contributed by atoms with van der Waals surface area (Å²) in [6.07, 6.45) is 2.83. The minimum atomic E-state index is -0.583. The third-order valence-corrected chi connectivity index (χ3v) is 6.90. The largest absolute Gasteiger partial charge is 0.327 e. The lowest BCUT2D eigenvalue weighted by Crippen LogP contribution is -2.58. The number of urea groups is 1. The first kappa shape index (κ1) is 18.0. The molecule has 0 aliphatic carbocycles. The van der Waals surface area contributed by atoms with Crippen molar-refractivity contribution in [3.8, 4) is 0 Å². The van der Waals surface area contributed by atoms with Crippen LogP contribution in [0.2, 0.25) is 0 Å². The van der Waals surface area contributed by atoms with Crippen molar-refractivity contribution >= 4 is 23.7 Å². The van der Waals surface area contributed by atoms with Crippen LogP contribution in [0.5, 0.6) is 0 Å². The summed E-state index contributed by atoms with van der Waals surface area (Å²) in [7, 11) is 3.94. The SMILES string of the molecule is CCN1C(=O)N(CCN(C)C)C(=O)C12CCN([C@@H]1CCSC1)CC2. The molecule has 3 heterocycles. The zero-order valence-electron chi connectivity index (χ0n) is 15.2. The number of imide groups is 1. The van der Waals surface area contributed by atoms with Crippen LogP contribution in [0, 0.1) is 0 Å². The van der Waals surface area contributed by atoms with E-state index in [1.165, 1.54) is 22.8 Å². The molecular formula is C17H30N4O2S. The number of carbonyl (C=O) groups is 2. The van der Waals surface area contributed by atoms with Crippen LogP contribution in [0.1, 0.15) is 26.2 Å². The second kappa shape index (κ2) is 7.22. The van der Waals surface area contributed by atoms with E-state index in [9.17, 15) is 9.59 Å². The van der Waals surface area contributed by atoms with Crippen LogP contribution in [0.25, 0.3) is 0 Å². The van der Waals surface area contributed by atoms with Crippen LogP contribution in [0.4, 0.5) is 4.79 Å². The summed E-state index contributed by atoms with van der Waals surface area (Å²) in [5.74, 6) is 2.51. The van der Waals surface area contributed by atoms with Crippen molar-refractivity contribution in [1.29, 1.82) is 0 Å². The van der Waals surface area contributed by atoms with E-state index >= 15 is 0 Å². The van der Waals surface area contributed by atoms with Crippen LogP contribution in [0.15, 0.2) is 0 Å². The monoisotopic (exact) mass is 354 g/mol. The van der Waals surface area contributed by atoms with Gasteiger partial charge >= 0.3 is 6.03 Å². The minimum absolute atomic E-state index is 0.0386. The van der Waals surface area contributed by atoms with Crippen molar-refractivity contribution in [1.82, 2.24) is 19.6 Å². The van der Waals surface area contributed by atoms with Crippen molar-refractivity contribution in [3.05, 3.63) is 0 Å². The summed E-state index contributed by atoms with van der Waals surface area (Å²) in [5, 5.41) is 0. The van der Waals surface area contributed by atoms with E-state index < -0.39 is 5.54 Å². The number of hydrogen-bond acceptors (Lipinski definition) is 5. The number of likely N-dealkylation sites (N-methyl/N-ethyl adjacent to an activating group) is 2. The van der Waals surface area contributed by atoms with Gasteiger partial charge in [0.05, 0.1) is 0 Å². The number of carbonyl (C=O) groups excluding carboxylic acids is 2. The molecule has 1 spiro atoms. The summed E-state index contributed by atoms with van der Waals surface area (Å²) in [6.45, 7) is 5.68. The summed E-state index contributed by atoms with van der Waals surface area (Å²) < 4.78 is 0. The molecule has 24 heavy (non-hydrogen) atoms. The highest BCUT2D eigenvalue weighted by Crippen LogP contribution is 2.38. The minimum Gasteiger partial charge on any atom is -0.310 e. The Morgan fingerprint density at radius 1 is 1.25 bits per heavy atom. The average molecular weight is 355 g/mol. The maximum absolute atomic E-state index is 13.1. The third kappa shape index (κ3) is 3.06. The average Bonchev–Trinajstić information content (AvgIpc) is 3.15. The zero-order chi connectivity index (χ0) is 17.3. The van der Waals surface area contributed by atoms with E-state index in [0.29, 0.717) is 19.1 Å². The standard InChI is InChI=1S/C17H30N4O2S/c1-4-21-16(23)20(11-10-18(2)3)15(22)17(21)6-8-19(9-7-17)14-5-12-24-13-14/h14H,4-13H2,1-3H3/t14-/m1/s1. The van der Waals surface area contributed by atoms with Crippen molar-refractivity contribution in [3.63, 3.8) is 0 Å². The number of hydrogen-bond donors (Lipinski definition) is 0. The Labute approximate surface area is 149 Å². The molecule has 3 rings (SSSR count). The van der Waals surface area contributed by atoms with Crippen molar-refractivity contribution < 1.29 is 9.59 Å². The Morgan fingerprint density at radius 2 is 1.96 bits per heavy atom. The maximum atomic E-state index is 13.1. The maximum Gasteiger partial charge on any atom is 0.327 e. The van der Waals surface area contributed by atoms with Crippen molar-refractivity contribution in [2.24, 2.45) is 0 Å². The molecule has 0 N–H and O–H groups in total. The third-order valence-electron chi connectivity index (χ3n) is 5.76. The molecule has 6 nitrogen and oxygen atoms in total. The fourth-order valence-electron chi connectivity index (χ4n) is 4.27. The molecule has 3 fully saturated rings. The first-order valence-corrected chi connectivity index (χ1v) is 10.2. The van der Waals surface area contributed by atoms with E-state index in [2.05, 4.69) is 4.90 Å². The van der Waals surface area contributed by atoms with Gasteiger partial charge in [-0.05, 0) is 46.0 Å². The van der Waals surface area contributed by atoms with Crippen LogP contribution in [0.3, 0.4) is 0 Å². The molecule has 0 unspecified atom stereocenters. The molecule has 136 valence electrons. The predicted molar refractivity (Wildman–Crippen MR) is 97.3 cm³/mol. The van der Waals surface area contributed by atoms with Gasteiger partial charge in [-0.15, -0.1) is 0 Å². The van der Waals surface area contributed by atoms with Gasteiger partial charge in [-0.1, -0.05) is 0 Å². The molecule has 0 aromatic carbocycles. The molecule has 0 bridgehead atoms. The van der Waals surface area contributed by atoms with Gasteiger partial charge in [-0.25, -0.2) is 4.79 Å². The summed E-state index contributed by atoms with van der Waals surface area (Å²) in [4.78, 5) is 33.8. The Hall–Kier alpha value is -0.790. The van der Waals surface area contributed by atoms with E-state index in [4.69, 9.17) is 0 Å². The van der Waals surface area contributed by atoms with E-state index in [0.717, 1.165) is 32.5 Å². The van der Waals surface area contributed by atoms with Crippen LogP contribution < -0.4 is 0 Å². The molecule has 0 aromatic heterocycles. The van der Waals surface area contributed by atoms with Crippen molar-refractivity contribution in [2.75, 3.05) is 58.3 Å². The fraction of sp³-hybridized carbons (Fsp3) is 0.882. The Bertz CT molecular complexity index is 485. The van der Waals surface area contributed by atoms with Gasteiger partial charge < -0.3 is 9.80 Å². The quantitative estimate of drug-likeness (QED) is 0.694. The molecule has 0 aromatic rings. The molecule has 0 radical (unpaired) electrons. The molecule has 0 saturated carbocycles. The smallest absolute Gasteiger partial charge is 0.310 e. The molecule has 3 aliphatic rings.